The molecule has 2 atom stereocenters. The molecule has 1 fully saturated rings. The quantitative estimate of drug-likeness (QED) is 0.924. The van der Waals surface area contributed by atoms with E-state index in [1.165, 1.54) is 10.5 Å². The molecule has 0 aliphatic carbocycles. The molecule has 1 aromatic carbocycles. The van der Waals surface area contributed by atoms with Crippen LogP contribution in [0.1, 0.15) is 39.2 Å². The number of rotatable bonds is 4. The SMILES string of the molecule is CC(C)(C)OC(=O)N1C[C@@H](CCc2ccccc2)C[C@H]1C(=O)O. The van der Waals surface area contributed by atoms with Gasteiger partial charge in [0.25, 0.3) is 0 Å². The zero-order valence-corrected chi connectivity index (χ0v) is 14.0. The number of carbonyl (C=O) groups is 2. The zero-order valence-electron chi connectivity index (χ0n) is 14.0. The van der Waals surface area contributed by atoms with Crippen LogP contribution in [0.4, 0.5) is 4.79 Å². The molecule has 0 bridgehead atoms. The first-order valence-electron chi connectivity index (χ1n) is 8.02. The van der Waals surface area contributed by atoms with Gasteiger partial charge < -0.3 is 9.84 Å². The fourth-order valence-electron chi connectivity index (χ4n) is 2.90. The number of hydrogen-bond acceptors (Lipinski definition) is 3. The van der Waals surface area contributed by atoms with E-state index in [2.05, 4.69) is 12.1 Å². The van der Waals surface area contributed by atoms with Crippen molar-refractivity contribution in [3.63, 3.8) is 0 Å². The van der Waals surface area contributed by atoms with Crippen molar-refractivity contribution < 1.29 is 19.4 Å². The third kappa shape index (κ3) is 4.98. The lowest BCUT2D eigenvalue weighted by Gasteiger charge is -2.26. The first-order chi connectivity index (χ1) is 10.8. The van der Waals surface area contributed by atoms with Crippen LogP contribution in [-0.2, 0) is 16.0 Å². The molecule has 1 amide bonds. The number of carbonyl (C=O) groups excluding carboxylic acids is 1. The highest BCUT2D eigenvalue weighted by molar-refractivity contribution is 5.81. The van der Waals surface area contributed by atoms with Crippen molar-refractivity contribution in [2.45, 2.75) is 51.7 Å². The van der Waals surface area contributed by atoms with Crippen LogP contribution in [0.2, 0.25) is 0 Å². The van der Waals surface area contributed by atoms with E-state index in [0.717, 1.165) is 12.8 Å². The number of aryl methyl sites for hydroxylation is 1. The van der Waals surface area contributed by atoms with Gasteiger partial charge >= 0.3 is 12.1 Å². The van der Waals surface area contributed by atoms with Crippen molar-refractivity contribution in [1.82, 2.24) is 4.90 Å². The van der Waals surface area contributed by atoms with Crippen molar-refractivity contribution in [3.8, 4) is 0 Å². The highest BCUT2D eigenvalue weighted by Crippen LogP contribution is 2.29. The van der Waals surface area contributed by atoms with Crippen molar-refractivity contribution >= 4 is 12.1 Å². The fraction of sp³-hybridized carbons (Fsp3) is 0.556. The van der Waals surface area contributed by atoms with Crippen LogP contribution >= 0.6 is 0 Å². The Balaban J connectivity index is 1.97. The summed E-state index contributed by atoms with van der Waals surface area (Å²) in [6.07, 6.45) is 1.71. The normalized spacial score (nSPS) is 21.3. The van der Waals surface area contributed by atoms with Gasteiger partial charge in [0.2, 0.25) is 0 Å². The summed E-state index contributed by atoms with van der Waals surface area (Å²) in [5.41, 5.74) is 0.609. The Kier molecular flexibility index (Phi) is 5.29. The molecular formula is C18H25NO4. The molecule has 1 heterocycles. The molecule has 0 spiro atoms. The van der Waals surface area contributed by atoms with E-state index in [0.29, 0.717) is 13.0 Å². The molecular weight excluding hydrogens is 294 g/mol. The second-order valence-corrected chi connectivity index (χ2v) is 7.11. The molecule has 5 nitrogen and oxygen atoms in total. The van der Waals surface area contributed by atoms with Crippen LogP contribution in [0.25, 0.3) is 0 Å². The molecule has 0 saturated carbocycles. The standard InChI is InChI=1S/C18H25NO4/c1-18(2,3)23-17(22)19-12-14(11-15(19)16(20)21)10-9-13-7-5-4-6-8-13/h4-8,14-15H,9-12H2,1-3H3,(H,20,21)/t14-,15-/m0/s1. The molecule has 0 unspecified atom stereocenters. The Morgan fingerprint density at radius 1 is 1.26 bits per heavy atom. The molecule has 126 valence electrons. The lowest BCUT2D eigenvalue weighted by molar-refractivity contribution is -0.142. The summed E-state index contributed by atoms with van der Waals surface area (Å²) in [4.78, 5) is 25.1. The minimum atomic E-state index is -0.960. The number of ether oxygens (including phenoxy) is 1. The van der Waals surface area contributed by atoms with Crippen LogP contribution in [0.3, 0.4) is 0 Å². The number of hydrogen-bond donors (Lipinski definition) is 1. The number of carboxylic acid groups (broad SMARTS) is 1. The average molecular weight is 319 g/mol. The molecule has 23 heavy (non-hydrogen) atoms. The van der Waals surface area contributed by atoms with Gasteiger partial charge in [-0.1, -0.05) is 30.3 Å². The van der Waals surface area contributed by atoms with Gasteiger partial charge in [0.05, 0.1) is 0 Å². The first kappa shape index (κ1) is 17.3. The topological polar surface area (TPSA) is 66.8 Å². The number of carboxylic acids is 1. The molecule has 1 aromatic rings. The van der Waals surface area contributed by atoms with Crippen LogP contribution < -0.4 is 0 Å². The van der Waals surface area contributed by atoms with Gasteiger partial charge in [-0.3, -0.25) is 4.90 Å². The summed E-state index contributed by atoms with van der Waals surface area (Å²) in [5, 5.41) is 9.38. The van der Waals surface area contributed by atoms with E-state index in [9.17, 15) is 14.7 Å². The van der Waals surface area contributed by atoms with Gasteiger partial charge in [0.15, 0.2) is 0 Å². The predicted octanol–water partition coefficient (Wildman–Crippen LogP) is 3.33. The minimum Gasteiger partial charge on any atom is -0.480 e. The first-order valence-corrected chi connectivity index (χ1v) is 8.02. The largest absolute Gasteiger partial charge is 0.480 e. The summed E-state index contributed by atoms with van der Waals surface area (Å²) in [6.45, 7) is 5.79. The fourth-order valence-corrected chi connectivity index (χ4v) is 2.90. The van der Waals surface area contributed by atoms with Gasteiger partial charge in [-0.25, -0.2) is 9.59 Å². The maximum absolute atomic E-state index is 12.2. The van der Waals surface area contributed by atoms with E-state index in [-0.39, 0.29) is 5.92 Å². The molecule has 1 aliphatic heterocycles. The third-order valence-electron chi connectivity index (χ3n) is 3.98. The van der Waals surface area contributed by atoms with Crippen LogP contribution in [0.5, 0.6) is 0 Å². The molecule has 1 N–H and O–H groups in total. The zero-order chi connectivity index (χ0) is 17.0. The Morgan fingerprint density at radius 3 is 2.48 bits per heavy atom. The van der Waals surface area contributed by atoms with Crippen LogP contribution in [0.15, 0.2) is 30.3 Å². The Morgan fingerprint density at radius 2 is 1.91 bits per heavy atom. The number of amides is 1. The number of benzene rings is 1. The highest BCUT2D eigenvalue weighted by atomic mass is 16.6. The van der Waals surface area contributed by atoms with Gasteiger partial charge in [0, 0.05) is 6.54 Å². The summed E-state index contributed by atoms with van der Waals surface area (Å²) in [7, 11) is 0. The van der Waals surface area contributed by atoms with Gasteiger partial charge in [-0.15, -0.1) is 0 Å². The van der Waals surface area contributed by atoms with E-state index in [4.69, 9.17) is 4.74 Å². The van der Waals surface area contributed by atoms with Gasteiger partial charge in [-0.05, 0) is 51.5 Å². The monoisotopic (exact) mass is 319 g/mol. The van der Waals surface area contributed by atoms with Gasteiger partial charge in [0.1, 0.15) is 11.6 Å². The van der Waals surface area contributed by atoms with E-state index in [1.54, 1.807) is 20.8 Å². The number of nitrogens with zero attached hydrogens (tertiary/aromatic N) is 1. The smallest absolute Gasteiger partial charge is 0.411 e. The average Bonchev–Trinajstić information content (AvgIpc) is 2.89. The lowest BCUT2D eigenvalue weighted by Crippen LogP contribution is -2.43. The molecule has 0 aromatic heterocycles. The highest BCUT2D eigenvalue weighted by Gasteiger charge is 2.41. The molecule has 2 rings (SSSR count). The van der Waals surface area contributed by atoms with E-state index >= 15 is 0 Å². The van der Waals surface area contributed by atoms with Crippen molar-refractivity contribution in [2.75, 3.05) is 6.54 Å². The third-order valence-corrected chi connectivity index (χ3v) is 3.98. The lowest BCUT2D eigenvalue weighted by atomic mass is 9.97. The summed E-state index contributed by atoms with van der Waals surface area (Å²) in [5.74, 6) is -0.776. The van der Waals surface area contributed by atoms with Gasteiger partial charge in [-0.2, -0.15) is 0 Å². The maximum Gasteiger partial charge on any atom is 0.411 e. The minimum absolute atomic E-state index is 0.184. The molecule has 1 aliphatic rings. The second-order valence-electron chi connectivity index (χ2n) is 7.11. The Hall–Kier alpha value is -2.04. The summed E-state index contributed by atoms with van der Waals surface area (Å²) >= 11 is 0. The summed E-state index contributed by atoms with van der Waals surface area (Å²) < 4.78 is 5.34. The van der Waals surface area contributed by atoms with Crippen molar-refractivity contribution in [2.24, 2.45) is 5.92 Å². The maximum atomic E-state index is 12.2. The second kappa shape index (κ2) is 7.02. The van der Waals surface area contributed by atoms with Crippen molar-refractivity contribution in [1.29, 1.82) is 0 Å². The molecule has 0 radical (unpaired) electrons. The molecule has 1 saturated heterocycles. The van der Waals surface area contributed by atoms with Crippen molar-refractivity contribution in [3.05, 3.63) is 35.9 Å². The van der Waals surface area contributed by atoms with Crippen LogP contribution in [0, 0.1) is 5.92 Å². The molecule has 5 heteroatoms. The predicted molar refractivity (Wildman–Crippen MR) is 87.2 cm³/mol. The van der Waals surface area contributed by atoms with E-state index < -0.39 is 23.7 Å². The summed E-state index contributed by atoms with van der Waals surface area (Å²) in [6, 6.07) is 9.31. The Labute approximate surface area is 137 Å². The van der Waals surface area contributed by atoms with E-state index in [1.807, 2.05) is 18.2 Å². The number of aliphatic carboxylic acids is 1. The Bertz CT molecular complexity index is 550. The number of likely N-dealkylation sites (tertiary alicyclic amines) is 1. The van der Waals surface area contributed by atoms with Crippen LogP contribution in [-0.4, -0.2) is 40.3 Å².